The van der Waals surface area contributed by atoms with Gasteiger partial charge < -0.3 is 5.32 Å². The van der Waals surface area contributed by atoms with Crippen LogP contribution < -0.4 is 5.32 Å². The second-order valence-corrected chi connectivity index (χ2v) is 4.98. The molecule has 0 aliphatic carbocycles. The number of benzene rings is 1. The molecule has 0 spiro atoms. The highest BCUT2D eigenvalue weighted by Crippen LogP contribution is 2.22. The molecular formula is C15H24N2. The van der Waals surface area contributed by atoms with Gasteiger partial charge in [-0.15, -0.1) is 0 Å². The van der Waals surface area contributed by atoms with Crippen molar-refractivity contribution in [3.63, 3.8) is 0 Å². The molecule has 17 heavy (non-hydrogen) atoms. The number of nitrogens with one attached hydrogen (secondary N) is 1. The molecule has 1 aliphatic heterocycles. The molecule has 1 aromatic carbocycles. The Morgan fingerprint density at radius 1 is 1.18 bits per heavy atom. The quantitative estimate of drug-likeness (QED) is 0.811. The van der Waals surface area contributed by atoms with Gasteiger partial charge in [-0.1, -0.05) is 44.5 Å². The molecule has 0 radical (unpaired) electrons. The summed E-state index contributed by atoms with van der Waals surface area (Å²) in [6.45, 7) is 8.97. The first-order valence-electron chi connectivity index (χ1n) is 6.86. The van der Waals surface area contributed by atoms with Crippen molar-refractivity contribution < 1.29 is 0 Å². The van der Waals surface area contributed by atoms with Gasteiger partial charge >= 0.3 is 0 Å². The molecule has 0 bridgehead atoms. The second-order valence-electron chi connectivity index (χ2n) is 4.98. The van der Waals surface area contributed by atoms with Crippen LogP contribution in [0.1, 0.15) is 37.8 Å². The van der Waals surface area contributed by atoms with Crippen LogP contribution in [0, 0.1) is 0 Å². The fourth-order valence-corrected chi connectivity index (χ4v) is 2.74. The van der Waals surface area contributed by atoms with Gasteiger partial charge in [-0.3, -0.25) is 4.90 Å². The van der Waals surface area contributed by atoms with E-state index in [0.29, 0.717) is 6.04 Å². The van der Waals surface area contributed by atoms with Crippen LogP contribution >= 0.6 is 0 Å². The second kappa shape index (κ2) is 6.18. The third-order valence-corrected chi connectivity index (χ3v) is 3.51. The van der Waals surface area contributed by atoms with Crippen molar-refractivity contribution in [3.05, 3.63) is 35.4 Å². The highest BCUT2D eigenvalue weighted by molar-refractivity contribution is 5.30. The maximum atomic E-state index is 3.60. The standard InChI is InChI=1S/C15H24N2/c1-3-7-15(16-4-2)12-17-10-13-8-5-6-9-14(13)11-17/h5-6,8-9,15-16H,3-4,7,10-12H2,1-2H3. The third-order valence-electron chi connectivity index (χ3n) is 3.51. The van der Waals surface area contributed by atoms with E-state index in [1.165, 1.54) is 30.5 Å². The Kier molecular flexibility index (Phi) is 4.57. The average Bonchev–Trinajstić information content (AvgIpc) is 2.71. The lowest BCUT2D eigenvalue weighted by atomic mass is 10.1. The van der Waals surface area contributed by atoms with Crippen LogP contribution in [-0.4, -0.2) is 24.0 Å². The van der Waals surface area contributed by atoms with Gasteiger partial charge in [-0.05, 0) is 24.1 Å². The summed E-state index contributed by atoms with van der Waals surface area (Å²) in [7, 11) is 0. The van der Waals surface area contributed by atoms with E-state index < -0.39 is 0 Å². The van der Waals surface area contributed by atoms with E-state index in [4.69, 9.17) is 0 Å². The summed E-state index contributed by atoms with van der Waals surface area (Å²) >= 11 is 0. The maximum Gasteiger partial charge on any atom is 0.0241 e. The van der Waals surface area contributed by atoms with E-state index >= 15 is 0 Å². The summed E-state index contributed by atoms with van der Waals surface area (Å²) < 4.78 is 0. The molecule has 0 fully saturated rings. The van der Waals surface area contributed by atoms with Crippen molar-refractivity contribution in [2.45, 2.75) is 45.8 Å². The number of fused-ring (bicyclic) bond motifs is 1. The number of hydrogen-bond donors (Lipinski definition) is 1. The Morgan fingerprint density at radius 2 is 1.82 bits per heavy atom. The summed E-state index contributed by atoms with van der Waals surface area (Å²) in [5, 5.41) is 3.60. The maximum absolute atomic E-state index is 3.60. The highest BCUT2D eigenvalue weighted by Gasteiger charge is 2.20. The molecule has 2 rings (SSSR count). The molecule has 1 atom stereocenters. The molecule has 2 heteroatoms. The molecule has 0 saturated heterocycles. The Morgan fingerprint density at radius 3 is 2.35 bits per heavy atom. The topological polar surface area (TPSA) is 15.3 Å². The molecule has 2 nitrogen and oxygen atoms in total. The van der Waals surface area contributed by atoms with Crippen LogP contribution in [0.25, 0.3) is 0 Å². The molecule has 1 aliphatic rings. The fraction of sp³-hybridized carbons (Fsp3) is 0.600. The van der Waals surface area contributed by atoms with Gasteiger partial charge in [0.15, 0.2) is 0 Å². The van der Waals surface area contributed by atoms with Gasteiger partial charge in [0, 0.05) is 25.7 Å². The first-order valence-corrected chi connectivity index (χ1v) is 6.86. The van der Waals surface area contributed by atoms with Crippen molar-refractivity contribution in [1.29, 1.82) is 0 Å². The molecule has 0 amide bonds. The SMILES string of the molecule is CCCC(CN1Cc2ccccc2C1)NCC. The van der Waals surface area contributed by atoms with E-state index in [-0.39, 0.29) is 0 Å². The number of nitrogens with zero attached hydrogens (tertiary/aromatic N) is 1. The zero-order valence-electron chi connectivity index (χ0n) is 11.1. The van der Waals surface area contributed by atoms with Crippen LogP contribution in [0.4, 0.5) is 0 Å². The molecule has 1 N–H and O–H groups in total. The predicted molar refractivity (Wildman–Crippen MR) is 72.9 cm³/mol. The summed E-state index contributed by atoms with van der Waals surface area (Å²) in [6.07, 6.45) is 2.54. The van der Waals surface area contributed by atoms with Gasteiger partial charge in [0.2, 0.25) is 0 Å². The number of likely N-dealkylation sites (N-methyl/N-ethyl adjacent to an activating group) is 1. The average molecular weight is 232 g/mol. The lowest BCUT2D eigenvalue weighted by Gasteiger charge is -2.23. The van der Waals surface area contributed by atoms with Crippen LogP contribution in [0.2, 0.25) is 0 Å². The normalized spacial score (nSPS) is 17.1. The lowest BCUT2D eigenvalue weighted by molar-refractivity contribution is 0.242. The number of hydrogen-bond acceptors (Lipinski definition) is 2. The van der Waals surface area contributed by atoms with E-state index in [1.54, 1.807) is 0 Å². The Bertz CT molecular complexity index is 318. The van der Waals surface area contributed by atoms with Crippen LogP contribution in [0.5, 0.6) is 0 Å². The van der Waals surface area contributed by atoms with E-state index in [9.17, 15) is 0 Å². The van der Waals surface area contributed by atoms with Crippen LogP contribution in [0.3, 0.4) is 0 Å². The van der Waals surface area contributed by atoms with Crippen molar-refractivity contribution in [1.82, 2.24) is 10.2 Å². The van der Waals surface area contributed by atoms with E-state index in [2.05, 4.69) is 48.3 Å². The summed E-state index contributed by atoms with van der Waals surface area (Å²) in [4.78, 5) is 2.56. The molecule has 1 heterocycles. The predicted octanol–water partition coefficient (Wildman–Crippen LogP) is 2.78. The summed E-state index contributed by atoms with van der Waals surface area (Å²) in [5.41, 5.74) is 3.03. The Balaban J connectivity index is 1.89. The largest absolute Gasteiger partial charge is 0.313 e. The third kappa shape index (κ3) is 3.30. The van der Waals surface area contributed by atoms with Crippen molar-refractivity contribution in [2.24, 2.45) is 0 Å². The van der Waals surface area contributed by atoms with Crippen molar-refractivity contribution in [2.75, 3.05) is 13.1 Å². The monoisotopic (exact) mass is 232 g/mol. The molecule has 1 unspecified atom stereocenters. The van der Waals surface area contributed by atoms with E-state index in [0.717, 1.165) is 19.6 Å². The minimum atomic E-state index is 0.652. The Labute approximate surface area is 105 Å². The van der Waals surface area contributed by atoms with Crippen molar-refractivity contribution >= 4 is 0 Å². The lowest BCUT2D eigenvalue weighted by Crippen LogP contribution is -2.38. The van der Waals surface area contributed by atoms with Crippen molar-refractivity contribution in [3.8, 4) is 0 Å². The highest BCUT2D eigenvalue weighted by atomic mass is 15.2. The van der Waals surface area contributed by atoms with E-state index in [1.807, 2.05) is 0 Å². The minimum absolute atomic E-state index is 0.652. The first kappa shape index (κ1) is 12.6. The number of rotatable bonds is 6. The van der Waals surface area contributed by atoms with Gasteiger partial charge in [0.05, 0.1) is 0 Å². The van der Waals surface area contributed by atoms with Gasteiger partial charge in [0.25, 0.3) is 0 Å². The molecule has 1 aromatic rings. The summed E-state index contributed by atoms with van der Waals surface area (Å²) in [5.74, 6) is 0. The Hall–Kier alpha value is -0.860. The van der Waals surface area contributed by atoms with Gasteiger partial charge in [-0.2, -0.15) is 0 Å². The first-order chi connectivity index (χ1) is 8.33. The zero-order chi connectivity index (χ0) is 12.1. The van der Waals surface area contributed by atoms with Gasteiger partial charge in [0.1, 0.15) is 0 Å². The van der Waals surface area contributed by atoms with Crippen LogP contribution in [-0.2, 0) is 13.1 Å². The zero-order valence-corrected chi connectivity index (χ0v) is 11.1. The fourth-order valence-electron chi connectivity index (χ4n) is 2.74. The van der Waals surface area contributed by atoms with Gasteiger partial charge in [-0.25, -0.2) is 0 Å². The molecule has 0 saturated carbocycles. The minimum Gasteiger partial charge on any atom is -0.313 e. The molecule has 0 aromatic heterocycles. The molecular weight excluding hydrogens is 208 g/mol. The molecule has 94 valence electrons. The summed E-state index contributed by atoms with van der Waals surface area (Å²) in [6, 6.07) is 9.47. The van der Waals surface area contributed by atoms with Crippen LogP contribution in [0.15, 0.2) is 24.3 Å². The smallest absolute Gasteiger partial charge is 0.0241 e.